The number of carbonyl (C=O) groups is 1. The molecule has 2 aromatic heterocycles. The molecule has 1 fully saturated rings. The number of nitrogens with zero attached hydrogens (tertiary/aromatic N) is 3. The second-order valence-electron chi connectivity index (χ2n) is 6.51. The Morgan fingerprint density at radius 3 is 2.63 bits per heavy atom. The van der Waals surface area contributed by atoms with Crippen LogP contribution >= 0.6 is 0 Å². The van der Waals surface area contributed by atoms with Crippen molar-refractivity contribution >= 4 is 32.8 Å². The van der Waals surface area contributed by atoms with Crippen LogP contribution in [-0.2, 0) is 21.4 Å². The van der Waals surface area contributed by atoms with Gasteiger partial charge in [0.25, 0.3) is 0 Å². The molecule has 2 heterocycles. The van der Waals surface area contributed by atoms with Crippen molar-refractivity contribution in [2.75, 3.05) is 5.32 Å². The van der Waals surface area contributed by atoms with Crippen molar-refractivity contribution in [3.8, 4) is 0 Å². The van der Waals surface area contributed by atoms with Gasteiger partial charge in [-0.05, 0) is 49.2 Å². The van der Waals surface area contributed by atoms with Crippen molar-refractivity contribution in [3.63, 3.8) is 0 Å². The fraction of sp³-hybridized carbons (Fsp3) is 0.278. The molecule has 27 heavy (non-hydrogen) atoms. The minimum Gasteiger partial charge on any atom is -0.326 e. The first-order chi connectivity index (χ1) is 12.9. The molecule has 2 N–H and O–H groups in total. The van der Waals surface area contributed by atoms with Crippen LogP contribution in [0.1, 0.15) is 31.6 Å². The number of fused-ring (bicyclic) bond motifs is 1. The minimum absolute atomic E-state index is 0.0860. The first-order valence-corrected chi connectivity index (χ1v) is 10.1. The third-order valence-corrected chi connectivity index (χ3v) is 5.76. The Morgan fingerprint density at radius 2 is 1.96 bits per heavy atom. The number of aromatic nitrogens is 3. The average molecular weight is 385 g/mol. The molecule has 9 heteroatoms. The van der Waals surface area contributed by atoms with Crippen LogP contribution in [0, 0.1) is 0 Å². The largest absolute Gasteiger partial charge is 0.326 e. The Kier molecular flexibility index (Phi) is 4.40. The van der Waals surface area contributed by atoms with E-state index in [0.717, 1.165) is 24.0 Å². The summed E-state index contributed by atoms with van der Waals surface area (Å²) in [4.78, 5) is 20.1. The molecule has 0 aliphatic heterocycles. The van der Waals surface area contributed by atoms with Crippen molar-refractivity contribution in [3.05, 3.63) is 48.4 Å². The molecule has 1 aliphatic carbocycles. The lowest BCUT2D eigenvalue weighted by molar-refractivity contribution is -0.114. The number of nitrogens with one attached hydrogen (secondary N) is 2. The van der Waals surface area contributed by atoms with E-state index in [1.54, 1.807) is 18.3 Å². The number of rotatable bonds is 6. The van der Waals surface area contributed by atoms with E-state index >= 15 is 0 Å². The zero-order valence-corrected chi connectivity index (χ0v) is 15.5. The number of imidazole rings is 1. The fourth-order valence-corrected chi connectivity index (χ4v) is 3.96. The van der Waals surface area contributed by atoms with Gasteiger partial charge in [-0.15, -0.1) is 0 Å². The lowest BCUT2D eigenvalue weighted by Gasteiger charge is -2.10. The maximum atomic E-state index is 12.6. The lowest BCUT2D eigenvalue weighted by Crippen LogP contribution is -2.25. The molecular formula is C18H19N5O3S. The number of benzene rings is 1. The van der Waals surface area contributed by atoms with Gasteiger partial charge in [0.1, 0.15) is 11.3 Å². The molecule has 140 valence electrons. The molecule has 0 unspecified atom stereocenters. The molecule has 1 saturated carbocycles. The number of hydrogen-bond donors (Lipinski definition) is 2. The maximum absolute atomic E-state index is 12.6. The predicted octanol–water partition coefficient (Wildman–Crippen LogP) is 2.20. The number of anilines is 1. The molecule has 1 amide bonds. The monoisotopic (exact) mass is 385 g/mol. The topological polar surface area (TPSA) is 106 Å². The van der Waals surface area contributed by atoms with E-state index in [4.69, 9.17) is 0 Å². The van der Waals surface area contributed by atoms with E-state index in [9.17, 15) is 13.2 Å². The van der Waals surface area contributed by atoms with Crippen LogP contribution in [0.3, 0.4) is 0 Å². The van der Waals surface area contributed by atoms with E-state index in [2.05, 4.69) is 20.0 Å². The number of amides is 1. The van der Waals surface area contributed by atoms with E-state index in [1.165, 1.54) is 19.1 Å². The van der Waals surface area contributed by atoms with Crippen molar-refractivity contribution in [2.24, 2.45) is 0 Å². The highest BCUT2D eigenvalue weighted by Gasteiger charge is 2.29. The molecule has 1 aromatic carbocycles. The molecule has 3 aromatic rings. The Balaban J connectivity index is 1.55. The van der Waals surface area contributed by atoms with Crippen LogP contribution in [0.2, 0.25) is 0 Å². The molecule has 0 spiro atoms. The van der Waals surface area contributed by atoms with Crippen molar-refractivity contribution in [2.45, 2.75) is 37.2 Å². The van der Waals surface area contributed by atoms with Crippen LogP contribution in [-0.4, -0.2) is 28.9 Å². The van der Waals surface area contributed by atoms with E-state index in [-0.39, 0.29) is 17.3 Å². The number of sulfonamides is 1. The van der Waals surface area contributed by atoms with Crippen LogP contribution in [0.4, 0.5) is 5.69 Å². The first-order valence-electron chi connectivity index (χ1n) is 8.63. The zero-order chi connectivity index (χ0) is 19.0. The molecule has 0 radical (unpaired) electrons. The summed E-state index contributed by atoms with van der Waals surface area (Å²) in [6.45, 7) is 1.48. The zero-order valence-electron chi connectivity index (χ0n) is 14.7. The summed E-state index contributed by atoms with van der Waals surface area (Å²) in [7, 11) is -3.70. The molecular weight excluding hydrogens is 366 g/mol. The van der Waals surface area contributed by atoms with Gasteiger partial charge in [-0.2, -0.15) is 0 Å². The van der Waals surface area contributed by atoms with E-state index in [0.29, 0.717) is 17.6 Å². The summed E-state index contributed by atoms with van der Waals surface area (Å²) >= 11 is 0. The third-order valence-electron chi connectivity index (χ3n) is 4.34. The van der Waals surface area contributed by atoms with Gasteiger partial charge in [-0.25, -0.2) is 23.1 Å². The number of pyridine rings is 1. The standard InChI is InChI=1S/C18H19N5O3S/c1-12(24)21-13-4-8-15(9-5-13)27(25,26)20-11-17-22-16-3-2-10-19-18(16)23(17)14-6-7-14/h2-5,8-10,14,20H,6-7,11H2,1H3,(H,21,24). The Morgan fingerprint density at radius 1 is 1.22 bits per heavy atom. The van der Waals surface area contributed by atoms with E-state index < -0.39 is 10.0 Å². The molecule has 0 atom stereocenters. The van der Waals surface area contributed by atoms with Gasteiger partial charge in [0.15, 0.2) is 5.65 Å². The first kappa shape index (κ1) is 17.6. The van der Waals surface area contributed by atoms with Gasteiger partial charge < -0.3 is 9.88 Å². The quantitative estimate of drug-likeness (QED) is 0.677. The molecule has 8 nitrogen and oxygen atoms in total. The van der Waals surface area contributed by atoms with Gasteiger partial charge in [-0.1, -0.05) is 0 Å². The minimum atomic E-state index is -3.70. The van der Waals surface area contributed by atoms with Crippen molar-refractivity contribution in [1.29, 1.82) is 0 Å². The maximum Gasteiger partial charge on any atom is 0.240 e. The smallest absolute Gasteiger partial charge is 0.240 e. The molecule has 1 aliphatic rings. The summed E-state index contributed by atoms with van der Waals surface area (Å²) in [5.74, 6) is 0.445. The van der Waals surface area contributed by atoms with Crippen LogP contribution < -0.4 is 10.0 Å². The molecule has 0 bridgehead atoms. The number of hydrogen-bond acceptors (Lipinski definition) is 5. The molecule has 4 rings (SSSR count). The third kappa shape index (κ3) is 3.69. The average Bonchev–Trinajstić information content (AvgIpc) is 3.40. The summed E-state index contributed by atoms with van der Waals surface area (Å²) in [6.07, 6.45) is 3.81. The van der Waals surface area contributed by atoms with Gasteiger partial charge in [-0.3, -0.25) is 4.79 Å². The fourth-order valence-electron chi connectivity index (χ4n) is 2.98. The van der Waals surface area contributed by atoms with Crippen LogP contribution in [0.15, 0.2) is 47.5 Å². The van der Waals surface area contributed by atoms with Crippen molar-refractivity contribution in [1.82, 2.24) is 19.3 Å². The highest BCUT2D eigenvalue weighted by Crippen LogP contribution is 2.38. The van der Waals surface area contributed by atoms with E-state index in [1.807, 2.05) is 16.7 Å². The second kappa shape index (κ2) is 6.75. The predicted molar refractivity (Wildman–Crippen MR) is 101 cm³/mol. The Labute approximate surface area is 156 Å². The summed E-state index contributed by atoms with van der Waals surface area (Å²) < 4.78 is 29.8. The van der Waals surface area contributed by atoms with Crippen molar-refractivity contribution < 1.29 is 13.2 Å². The SMILES string of the molecule is CC(=O)Nc1ccc(S(=O)(=O)NCc2nc3cccnc3n2C2CC2)cc1. The summed E-state index contributed by atoms with van der Waals surface area (Å²) in [5.41, 5.74) is 2.09. The lowest BCUT2D eigenvalue weighted by atomic mass is 10.3. The normalized spacial score (nSPS) is 14.4. The Bertz CT molecular complexity index is 1100. The summed E-state index contributed by atoms with van der Waals surface area (Å²) in [6, 6.07) is 10.1. The van der Waals surface area contributed by atoms with Gasteiger partial charge in [0, 0.05) is 24.8 Å². The van der Waals surface area contributed by atoms with Gasteiger partial charge >= 0.3 is 0 Å². The summed E-state index contributed by atoms with van der Waals surface area (Å²) in [5, 5.41) is 2.61. The highest BCUT2D eigenvalue weighted by molar-refractivity contribution is 7.89. The Hall–Kier alpha value is -2.78. The number of carbonyl (C=O) groups excluding carboxylic acids is 1. The van der Waals surface area contributed by atoms with Gasteiger partial charge in [0.05, 0.1) is 11.4 Å². The van der Waals surface area contributed by atoms with Crippen LogP contribution in [0.5, 0.6) is 0 Å². The molecule has 0 saturated heterocycles. The highest BCUT2D eigenvalue weighted by atomic mass is 32.2. The van der Waals surface area contributed by atoms with Crippen LogP contribution in [0.25, 0.3) is 11.2 Å². The van der Waals surface area contributed by atoms with Gasteiger partial charge in [0.2, 0.25) is 15.9 Å². The second-order valence-corrected chi connectivity index (χ2v) is 8.27.